The minimum absolute atomic E-state index is 0.0495. The molecule has 0 aliphatic carbocycles. The number of carbonyl (C=O) groups excluding carboxylic acids is 1. The van der Waals surface area contributed by atoms with Crippen LogP contribution in [0.5, 0.6) is 0 Å². The summed E-state index contributed by atoms with van der Waals surface area (Å²) in [5.41, 5.74) is 2.93. The van der Waals surface area contributed by atoms with E-state index in [1.54, 1.807) is 11.5 Å². The highest BCUT2D eigenvalue weighted by Gasteiger charge is 2.37. The van der Waals surface area contributed by atoms with Crippen molar-refractivity contribution in [3.8, 4) is 0 Å². The van der Waals surface area contributed by atoms with Crippen molar-refractivity contribution in [3.05, 3.63) is 39.6 Å². The summed E-state index contributed by atoms with van der Waals surface area (Å²) in [5, 5.41) is 0. The first-order chi connectivity index (χ1) is 14.6. The predicted octanol–water partition coefficient (Wildman–Crippen LogP) is 5.90. The van der Waals surface area contributed by atoms with Crippen LogP contribution in [0.15, 0.2) is 22.7 Å². The number of fused-ring (bicyclic) bond motifs is 1. The topological polar surface area (TPSA) is 41.4 Å². The van der Waals surface area contributed by atoms with E-state index < -0.39 is 18.6 Å². The number of aromatic nitrogens is 2. The van der Waals surface area contributed by atoms with Gasteiger partial charge in [0.05, 0.1) is 11.4 Å². The minimum atomic E-state index is -4.44. The van der Waals surface area contributed by atoms with Gasteiger partial charge in [-0.15, -0.1) is 0 Å². The van der Waals surface area contributed by atoms with Crippen LogP contribution in [0.2, 0.25) is 0 Å². The maximum absolute atomic E-state index is 13.2. The Labute approximate surface area is 189 Å². The third kappa shape index (κ3) is 4.91. The second kappa shape index (κ2) is 9.22. The summed E-state index contributed by atoms with van der Waals surface area (Å²) in [6.45, 7) is 7.76. The van der Waals surface area contributed by atoms with Crippen molar-refractivity contribution >= 4 is 33.5 Å². The van der Waals surface area contributed by atoms with Gasteiger partial charge in [0.2, 0.25) is 5.95 Å². The third-order valence-electron chi connectivity index (χ3n) is 5.43. The number of rotatable bonds is 7. The lowest BCUT2D eigenvalue weighted by Gasteiger charge is -2.24. The van der Waals surface area contributed by atoms with E-state index in [0.29, 0.717) is 43.5 Å². The van der Waals surface area contributed by atoms with E-state index in [0.717, 1.165) is 15.1 Å². The summed E-state index contributed by atoms with van der Waals surface area (Å²) < 4.78 is 41.9. The molecule has 0 spiro atoms. The molecule has 0 saturated carbocycles. The molecule has 2 heterocycles. The maximum Gasteiger partial charge on any atom is 0.406 e. The summed E-state index contributed by atoms with van der Waals surface area (Å²) in [6, 6.07) is 6.16. The average Bonchev–Trinajstić information content (AvgIpc) is 3.24. The monoisotopic (exact) mass is 500 g/mol. The van der Waals surface area contributed by atoms with Crippen LogP contribution in [0.25, 0.3) is 0 Å². The molecule has 0 atom stereocenters. The van der Waals surface area contributed by atoms with E-state index in [4.69, 9.17) is 0 Å². The number of benzene rings is 1. The van der Waals surface area contributed by atoms with Crippen molar-refractivity contribution in [2.45, 2.75) is 59.2 Å². The Morgan fingerprint density at radius 2 is 1.97 bits per heavy atom. The fourth-order valence-electron chi connectivity index (χ4n) is 3.91. The molecule has 9 heteroatoms. The van der Waals surface area contributed by atoms with E-state index in [1.807, 2.05) is 17.9 Å². The lowest BCUT2D eigenvalue weighted by Crippen LogP contribution is -2.40. The van der Waals surface area contributed by atoms with Crippen molar-refractivity contribution in [2.24, 2.45) is 0 Å². The second-order valence-corrected chi connectivity index (χ2v) is 8.93. The Bertz CT molecular complexity index is 955. The van der Waals surface area contributed by atoms with Gasteiger partial charge in [-0.2, -0.15) is 13.2 Å². The van der Waals surface area contributed by atoms with Gasteiger partial charge in [0, 0.05) is 24.1 Å². The molecule has 0 unspecified atom stereocenters. The lowest BCUT2D eigenvalue weighted by atomic mass is 10.0. The van der Waals surface area contributed by atoms with E-state index in [1.165, 1.54) is 5.56 Å². The van der Waals surface area contributed by atoms with Crippen molar-refractivity contribution in [3.63, 3.8) is 0 Å². The molecule has 31 heavy (non-hydrogen) atoms. The van der Waals surface area contributed by atoms with Crippen LogP contribution < -0.4 is 4.90 Å². The summed E-state index contributed by atoms with van der Waals surface area (Å²) in [6.07, 6.45) is -3.53. The fourth-order valence-corrected chi connectivity index (χ4v) is 4.52. The Morgan fingerprint density at radius 1 is 1.26 bits per heavy atom. The molecule has 1 aromatic heterocycles. The zero-order valence-corrected chi connectivity index (χ0v) is 19.8. The summed E-state index contributed by atoms with van der Waals surface area (Å²) in [7, 11) is 0. The van der Waals surface area contributed by atoms with Gasteiger partial charge in [-0.25, -0.2) is 4.98 Å². The molecule has 0 radical (unpaired) electrons. The van der Waals surface area contributed by atoms with Crippen LogP contribution in [0.4, 0.5) is 24.8 Å². The minimum Gasteiger partial charge on any atom is -0.328 e. The van der Waals surface area contributed by atoms with E-state index in [-0.39, 0.29) is 12.2 Å². The van der Waals surface area contributed by atoms with E-state index in [9.17, 15) is 18.0 Å². The average molecular weight is 501 g/mol. The Morgan fingerprint density at radius 3 is 2.52 bits per heavy atom. The number of imidazole rings is 1. The number of hydrogen-bond donors (Lipinski definition) is 0. The highest BCUT2D eigenvalue weighted by Crippen LogP contribution is 2.38. The standard InChI is InChI=1S/C22H28BrF3N4O/c1-5-9-28(13-22(24,25)26)20(31)19-17(6-2)27-21-29(10-11-30(19)21)18-8-7-15(14(3)4)12-16(18)23/h7-8,12,14H,5-6,9-11,13H2,1-4H3. The van der Waals surface area contributed by atoms with E-state index in [2.05, 4.69) is 46.9 Å². The second-order valence-electron chi connectivity index (χ2n) is 8.07. The Kier molecular flexibility index (Phi) is 7.03. The zero-order valence-electron chi connectivity index (χ0n) is 18.3. The van der Waals surface area contributed by atoms with Gasteiger partial charge in [0.15, 0.2) is 0 Å². The normalized spacial score (nSPS) is 13.8. The molecule has 0 bridgehead atoms. The molecule has 0 N–H and O–H groups in total. The van der Waals surface area contributed by atoms with Gasteiger partial charge in [-0.3, -0.25) is 4.79 Å². The summed E-state index contributed by atoms with van der Waals surface area (Å²) >= 11 is 3.65. The van der Waals surface area contributed by atoms with Crippen LogP contribution >= 0.6 is 15.9 Å². The van der Waals surface area contributed by atoms with Gasteiger partial charge in [-0.05, 0) is 52.4 Å². The summed E-state index contributed by atoms with van der Waals surface area (Å²) in [5.74, 6) is 0.382. The van der Waals surface area contributed by atoms with E-state index >= 15 is 0 Å². The zero-order chi connectivity index (χ0) is 22.9. The van der Waals surface area contributed by atoms with Gasteiger partial charge < -0.3 is 14.4 Å². The molecule has 0 saturated heterocycles. The molecule has 170 valence electrons. The SMILES string of the molecule is CCCN(CC(F)(F)F)C(=O)c1c(CC)nc2n1CCN2c1ccc(C(C)C)cc1Br. The van der Waals surface area contributed by atoms with Crippen molar-refractivity contribution < 1.29 is 18.0 Å². The summed E-state index contributed by atoms with van der Waals surface area (Å²) in [4.78, 5) is 20.7. The van der Waals surface area contributed by atoms with Gasteiger partial charge in [-0.1, -0.05) is 33.8 Å². The molecule has 1 amide bonds. The van der Waals surface area contributed by atoms with Gasteiger partial charge in [0.25, 0.3) is 5.91 Å². The first-order valence-electron chi connectivity index (χ1n) is 10.6. The number of hydrogen-bond acceptors (Lipinski definition) is 3. The Balaban J connectivity index is 1.99. The van der Waals surface area contributed by atoms with Crippen molar-refractivity contribution in [1.29, 1.82) is 0 Å². The largest absolute Gasteiger partial charge is 0.406 e. The van der Waals surface area contributed by atoms with Crippen molar-refractivity contribution in [2.75, 3.05) is 24.5 Å². The number of nitrogens with zero attached hydrogens (tertiary/aromatic N) is 4. The quantitative estimate of drug-likeness (QED) is 0.475. The first-order valence-corrected chi connectivity index (χ1v) is 11.4. The molecule has 3 rings (SSSR count). The third-order valence-corrected chi connectivity index (χ3v) is 6.06. The highest BCUT2D eigenvalue weighted by atomic mass is 79.9. The van der Waals surface area contributed by atoms with Crippen LogP contribution in [-0.4, -0.2) is 46.2 Å². The highest BCUT2D eigenvalue weighted by molar-refractivity contribution is 9.10. The van der Waals surface area contributed by atoms with Gasteiger partial charge in [0.1, 0.15) is 12.2 Å². The smallest absolute Gasteiger partial charge is 0.328 e. The molecule has 2 aromatic rings. The number of aryl methyl sites for hydroxylation is 1. The molecule has 1 aromatic carbocycles. The lowest BCUT2D eigenvalue weighted by molar-refractivity contribution is -0.140. The first kappa shape index (κ1) is 23.6. The van der Waals surface area contributed by atoms with Crippen LogP contribution in [-0.2, 0) is 13.0 Å². The predicted molar refractivity (Wildman–Crippen MR) is 119 cm³/mol. The number of halogens is 4. The molecule has 1 aliphatic heterocycles. The number of amides is 1. The molecule has 0 fully saturated rings. The van der Waals surface area contributed by atoms with Crippen LogP contribution in [0.3, 0.4) is 0 Å². The number of anilines is 2. The van der Waals surface area contributed by atoms with Crippen LogP contribution in [0.1, 0.15) is 61.8 Å². The maximum atomic E-state index is 13.2. The van der Waals surface area contributed by atoms with Gasteiger partial charge >= 0.3 is 6.18 Å². The number of carbonyl (C=O) groups is 1. The van der Waals surface area contributed by atoms with Crippen molar-refractivity contribution in [1.82, 2.24) is 14.5 Å². The van der Waals surface area contributed by atoms with Crippen LogP contribution in [0, 0.1) is 0 Å². The molecule has 5 nitrogen and oxygen atoms in total. The fraction of sp³-hybridized carbons (Fsp3) is 0.545. The number of alkyl halides is 3. The molecular formula is C22H28BrF3N4O. The Hall–Kier alpha value is -2.03. The molecule has 1 aliphatic rings. The molecular weight excluding hydrogens is 473 g/mol.